The van der Waals surface area contributed by atoms with Crippen LogP contribution in [0.3, 0.4) is 0 Å². The van der Waals surface area contributed by atoms with Crippen molar-refractivity contribution in [3.63, 3.8) is 0 Å². The molecule has 0 atom stereocenters. The topological polar surface area (TPSA) is 59.6 Å². The highest BCUT2D eigenvalue weighted by Crippen LogP contribution is 2.39. The van der Waals surface area contributed by atoms with Gasteiger partial charge in [-0.1, -0.05) is 18.2 Å². The summed E-state index contributed by atoms with van der Waals surface area (Å²) in [4.78, 5) is 13.4. The van der Waals surface area contributed by atoms with Gasteiger partial charge in [0.1, 0.15) is 10.8 Å². The first-order valence-electron chi connectivity index (χ1n) is 8.03. The van der Waals surface area contributed by atoms with Crippen LogP contribution in [0.2, 0.25) is 0 Å². The first-order valence-corrected chi connectivity index (χ1v) is 9.26. The van der Waals surface area contributed by atoms with E-state index in [-0.39, 0.29) is 5.97 Å². The highest BCUT2D eigenvalue weighted by molar-refractivity contribution is 7.80. The Labute approximate surface area is 156 Å². The Kier molecular flexibility index (Phi) is 5.55. The maximum Gasteiger partial charge on any atom is 0.341 e. The number of hydrogen-bond donors (Lipinski definition) is 2. The minimum atomic E-state index is -0.311. The molecule has 1 aliphatic rings. The zero-order valence-electron chi connectivity index (χ0n) is 14.2. The standard InChI is InChI=1S/C18H20N2O3S2/c1-22-13-8-4-3-6-11(13)10-19-18(24)20-16-15(17(21)23-2)12-7-5-9-14(12)25-16/h3-4,6,8H,5,7,9-10H2,1-2H3,(H2,19,20,24). The van der Waals surface area contributed by atoms with Crippen LogP contribution in [0.5, 0.6) is 5.75 Å². The second-order valence-electron chi connectivity index (χ2n) is 5.67. The van der Waals surface area contributed by atoms with Crippen molar-refractivity contribution in [3.8, 4) is 5.75 Å². The van der Waals surface area contributed by atoms with E-state index in [0.29, 0.717) is 17.2 Å². The molecule has 5 nitrogen and oxygen atoms in total. The number of benzene rings is 1. The van der Waals surface area contributed by atoms with Gasteiger partial charge >= 0.3 is 5.97 Å². The molecule has 0 bridgehead atoms. The molecule has 25 heavy (non-hydrogen) atoms. The second kappa shape index (κ2) is 7.84. The van der Waals surface area contributed by atoms with Gasteiger partial charge in [0.05, 0.1) is 19.8 Å². The number of thiophene rings is 1. The SMILES string of the molecule is COC(=O)c1c(NC(=S)NCc2ccccc2OC)sc2c1CCC2. The minimum Gasteiger partial charge on any atom is -0.496 e. The van der Waals surface area contributed by atoms with E-state index in [4.69, 9.17) is 21.7 Å². The largest absolute Gasteiger partial charge is 0.496 e. The van der Waals surface area contributed by atoms with Crippen molar-refractivity contribution in [2.75, 3.05) is 19.5 Å². The fourth-order valence-corrected chi connectivity index (χ4v) is 4.50. The fourth-order valence-electron chi connectivity index (χ4n) is 2.98. The van der Waals surface area contributed by atoms with Gasteiger partial charge in [0.25, 0.3) is 0 Å². The summed E-state index contributed by atoms with van der Waals surface area (Å²) in [5.74, 6) is 0.498. The number of ether oxygens (including phenoxy) is 2. The molecule has 1 heterocycles. The maximum atomic E-state index is 12.2. The van der Waals surface area contributed by atoms with E-state index >= 15 is 0 Å². The van der Waals surface area contributed by atoms with Crippen LogP contribution in [0.1, 0.15) is 32.8 Å². The van der Waals surface area contributed by atoms with Gasteiger partial charge in [0, 0.05) is 17.0 Å². The summed E-state index contributed by atoms with van der Waals surface area (Å²) in [6.45, 7) is 0.536. The van der Waals surface area contributed by atoms with Crippen LogP contribution < -0.4 is 15.4 Å². The Morgan fingerprint density at radius 2 is 2.08 bits per heavy atom. The van der Waals surface area contributed by atoms with E-state index in [0.717, 1.165) is 41.1 Å². The van der Waals surface area contributed by atoms with Crippen LogP contribution >= 0.6 is 23.6 Å². The number of hydrogen-bond acceptors (Lipinski definition) is 5. The normalized spacial score (nSPS) is 12.4. The lowest BCUT2D eigenvalue weighted by Gasteiger charge is -2.13. The number of fused-ring (bicyclic) bond motifs is 1. The smallest absolute Gasteiger partial charge is 0.341 e. The number of rotatable bonds is 5. The number of para-hydroxylation sites is 1. The number of anilines is 1. The first-order chi connectivity index (χ1) is 12.1. The highest BCUT2D eigenvalue weighted by Gasteiger charge is 2.27. The van der Waals surface area contributed by atoms with Crippen LogP contribution in [0.4, 0.5) is 5.00 Å². The fraction of sp³-hybridized carbons (Fsp3) is 0.333. The van der Waals surface area contributed by atoms with Gasteiger partial charge in [0.2, 0.25) is 0 Å². The van der Waals surface area contributed by atoms with E-state index in [9.17, 15) is 4.79 Å². The highest BCUT2D eigenvalue weighted by atomic mass is 32.1. The molecule has 1 aliphatic carbocycles. The predicted octanol–water partition coefficient (Wildman–Crippen LogP) is 3.52. The quantitative estimate of drug-likeness (QED) is 0.615. The number of carbonyl (C=O) groups is 1. The van der Waals surface area contributed by atoms with Crippen LogP contribution in [0, 0.1) is 0 Å². The summed E-state index contributed by atoms with van der Waals surface area (Å²) in [6.07, 6.45) is 3.01. The lowest BCUT2D eigenvalue weighted by atomic mass is 10.1. The number of thiocarbonyl (C=S) groups is 1. The summed E-state index contributed by atoms with van der Waals surface area (Å²) >= 11 is 6.98. The molecule has 2 N–H and O–H groups in total. The van der Waals surface area contributed by atoms with Crippen molar-refractivity contribution in [1.29, 1.82) is 0 Å². The number of aryl methyl sites for hydroxylation is 1. The van der Waals surface area contributed by atoms with Gasteiger partial charge in [-0.25, -0.2) is 4.79 Å². The third kappa shape index (κ3) is 3.77. The van der Waals surface area contributed by atoms with Crippen LogP contribution in [0.25, 0.3) is 0 Å². The third-order valence-electron chi connectivity index (χ3n) is 4.17. The Hall–Kier alpha value is -2.12. The minimum absolute atomic E-state index is 0.311. The van der Waals surface area contributed by atoms with Gasteiger partial charge in [0.15, 0.2) is 5.11 Å². The molecule has 0 radical (unpaired) electrons. The third-order valence-corrected chi connectivity index (χ3v) is 5.62. The Morgan fingerprint density at radius 3 is 2.84 bits per heavy atom. The average molecular weight is 377 g/mol. The zero-order valence-corrected chi connectivity index (χ0v) is 15.8. The van der Waals surface area contributed by atoms with Crippen LogP contribution in [0.15, 0.2) is 24.3 Å². The van der Waals surface area contributed by atoms with E-state index in [1.807, 2.05) is 24.3 Å². The van der Waals surface area contributed by atoms with Gasteiger partial charge in [-0.15, -0.1) is 11.3 Å². The molecule has 1 aromatic heterocycles. The van der Waals surface area contributed by atoms with E-state index in [2.05, 4.69) is 10.6 Å². The molecule has 0 fully saturated rings. The summed E-state index contributed by atoms with van der Waals surface area (Å²) in [5.41, 5.74) is 2.74. The molecule has 132 valence electrons. The van der Waals surface area contributed by atoms with Crippen molar-refractivity contribution in [3.05, 3.63) is 45.8 Å². The molecule has 7 heteroatoms. The molecule has 1 aromatic carbocycles. The summed E-state index contributed by atoms with van der Waals surface area (Å²) < 4.78 is 10.3. The molecule has 0 aliphatic heterocycles. The van der Waals surface area contributed by atoms with Gasteiger partial charge in [-0.2, -0.15) is 0 Å². The van der Waals surface area contributed by atoms with E-state index in [1.165, 1.54) is 12.0 Å². The molecule has 0 spiro atoms. The summed E-state index contributed by atoms with van der Waals surface area (Å²) in [7, 11) is 3.05. The molecular weight excluding hydrogens is 356 g/mol. The van der Waals surface area contributed by atoms with Crippen LogP contribution in [-0.2, 0) is 24.1 Å². The van der Waals surface area contributed by atoms with Crippen molar-refractivity contribution in [2.45, 2.75) is 25.8 Å². The lowest BCUT2D eigenvalue weighted by Crippen LogP contribution is -2.28. The second-order valence-corrected chi connectivity index (χ2v) is 7.19. The van der Waals surface area contributed by atoms with Crippen molar-refractivity contribution in [2.24, 2.45) is 0 Å². The lowest BCUT2D eigenvalue weighted by molar-refractivity contribution is 0.0601. The van der Waals surface area contributed by atoms with Crippen molar-refractivity contribution in [1.82, 2.24) is 5.32 Å². The van der Waals surface area contributed by atoms with E-state index < -0.39 is 0 Å². The number of carbonyl (C=O) groups excluding carboxylic acids is 1. The monoisotopic (exact) mass is 376 g/mol. The molecule has 2 aromatic rings. The number of esters is 1. The molecule has 0 saturated carbocycles. The molecule has 3 rings (SSSR count). The first kappa shape index (κ1) is 17.7. The molecule has 0 saturated heterocycles. The van der Waals surface area contributed by atoms with Gasteiger partial charge < -0.3 is 20.1 Å². The maximum absolute atomic E-state index is 12.2. The molecular formula is C18H20N2O3S2. The Bertz CT molecular complexity index is 802. The predicted molar refractivity (Wildman–Crippen MR) is 104 cm³/mol. The number of nitrogens with one attached hydrogen (secondary N) is 2. The van der Waals surface area contributed by atoms with Crippen molar-refractivity contribution < 1.29 is 14.3 Å². The molecule has 0 amide bonds. The molecule has 0 unspecified atom stereocenters. The summed E-state index contributed by atoms with van der Waals surface area (Å²) in [5, 5.41) is 7.55. The zero-order chi connectivity index (χ0) is 17.8. The summed E-state index contributed by atoms with van der Waals surface area (Å²) in [6, 6.07) is 7.77. The average Bonchev–Trinajstić information content (AvgIpc) is 3.20. The van der Waals surface area contributed by atoms with Gasteiger partial charge in [-0.3, -0.25) is 0 Å². The Balaban J connectivity index is 1.70. The Morgan fingerprint density at radius 1 is 1.28 bits per heavy atom. The number of methoxy groups -OCH3 is 2. The van der Waals surface area contributed by atoms with Crippen LogP contribution in [-0.4, -0.2) is 25.3 Å². The van der Waals surface area contributed by atoms with Crippen molar-refractivity contribution >= 4 is 39.6 Å². The van der Waals surface area contributed by atoms with Gasteiger partial charge in [-0.05, 0) is 43.1 Å². The van der Waals surface area contributed by atoms with E-state index in [1.54, 1.807) is 18.4 Å².